The zero-order valence-corrected chi connectivity index (χ0v) is 17.6. The number of hydrogen-bond acceptors (Lipinski definition) is 3. The van der Waals surface area contributed by atoms with E-state index in [1.165, 1.54) is 95.2 Å². The number of phenolic OH excluding ortho intramolecular Hbond substituents is 2. The summed E-state index contributed by atoms with van der Waals surface area (Å²) in [5, 5.41) is 24.3. The topological polar surface area (TPSA) is 81.6 Å². The summed E-state index contributed by atoms with van der Waals surface area (Å²) < 4.78 is 0. The molecule has 0 fully saturated rings. The summed E-state index contributed by atoms with van der Waals surface area (Å²) in [6, 6.07) is 3.67. The van der Waals surface area contributed by atoms with Crippen LogP contribution in [-0.4, -0.2) is 22.8 Å². The summed E-state index contributed by atoms with van der Waals surface area (Å²) in [5.74, 6) is -0.0653. The highest BCUT2D eigenvalue weighted by atomic mass is 16.3. The smallest absolute Gasteiger partial charge is 0.319 e. The molecule has 28 heavy (non-hydrogen) atoms. The molecule has 0 aliphatic carbocycles. The van der Waals surface area contributed by atoms with E-state index in [1.54, 1.807) is 0 Å². The average Bonchev–Trinajstić information content (AvgIpc) is 2.67. The zero-order valence-electron chi connectivity index (χ0n) is 17.6. The van der Waals surface area contributed by atoms with Gasteiger partial charge in [-0.25, -0.2) is 4.79 Å². The molecule has 0 radical (unpaired) electrons. The van der Waals surface area contributed by atoms with Crippen LogP contribution in [0.4, 0.5) is 10.5 Å². The van der Waals surface area contributed by atoms with E-state index in [4.69, 9.17) is 0 Å². The van der Waals surface area contributed by atoms with E-state index in [0.29, 0.717) is 6.54 Å². The molecule has 0 aromatic heterocycles. The molecule has 1 aromatic rings. The Bertz CT molecular complexity index is 535. The number of rotatable bonds is 16. The Labute approximate surface area is 170 Å². The van der Waals surface area contributed by atoms with Crippen LogP contribution < -0.4 is 10.6 Å². The number of amides is 2. The molecule has 2 amide bonds. The lowest BCUT2D eigenvalue weighted by Crippen LogP contribution is -2.29. The van der Waals surface area contributed by atoms with Gasteiger partial charge in [0.25, 0.3) is 0 Å². The number of aromatic hydroxyl groups is 2. The van der Waals surface area contributed by atoms with Crippen molar-refractivity contribution in [3.05, 3.63) is 18.2 Å². The Kier molecular flexibility index (Phi) is 13.9. The molecule has 0 spiro atoms. The minimum absolute atomic E-state index is 0.0000683. The number of urea groups is 1. The second-order valence-electron chi connectivity index (χ2n) is 7.68. The van der Waals surface area contributed by atoms with Crippen LogP contribution in [0.3, 0.4) is 0 Å². The first-order valence-electron chi connectivity index (χ1n) is 11.2. The number of unbranched alkanes of at least 4 members (excludes halogenated alkanes) is 13. The number of anilines is 1. The Hall–Kier alpha value is -1.91. The van der Waals surface area contributed by atoms with Gasteiger partial charge in [0.2, 0.25) is 0 Å². The van der Waals surface area contributed by atoms with Gasteiger partial charge in [0.15, 0.2) is 0 Å². The van der Waals surface area contributed by atoms with Crippen molar-refractivity contribution in [3.8, 4) is 11.5 Å². The second kappa shape index (κ2) is 16.1. The lowest BCUT2D eigenvalue weighted by atomic mass is 10.0. The molecule has 1 rings (SSSR count). The molecule has 160 valence electrons. The number of phenols is 2. The SMILES string of the molecule is CCCCCCCCCCCCCCCCNC(=O)Nc1cc(O)ccc1O. The molecule has 5 nitrogen and oxygen atoms in total. The average molecular weight is 393 g/mol. The van der Waals surface area contributed by atoms with Crippen LogP contribution in [0.1, 0.15) is 96.8 Å². The van der Waals surface area contributed by atoms with Crippen molar-refractivity contribution < 1.29 is 15.0 Å². The summed E-state index contributed by atoms with van der Waals surface area (Å²) in [6.45, 7) is 2.88. The molecule has 0 saturated carbocycles. The minimum atomic E-state index is -0.365. The molecule has 0 aliphatic heterocycles. The molecule has 4 N–H and O–H groups in total. The molecule has 0 bridgehead atoms. The summed E-state index contributed by atoms with van der Waals surface area (Å²) in [5.41, 5.74) is 0.207. The van der Waals surface area contributed by atoms with Crippen molar-refractivity contribution >= 4 is 11.7 Å². The maximum atomic E-state index is 11.8. The van der Waals surface area contributed by atoms with E-state index in [1.807, 2.05) is 0 Å². The van der Waals surface area contributed by atoms with Crippen molar-refractivity contribution in [3.63, 3.8) is 0 Å². The van der Waals surface area contributed by atoms with Gasteiger partial charge in [-0.2, -0.15) is 0 Å². The van der Waals surface area contributed by atoms with Crippen LogP contribution in [0, 0.1) is 0 Å². The molecule has 1 aromatic carbocycles. The number of carbonyl (C=O) groups is 1. The molecule has 0 unspecified atom stereocenters. The van der Waals surface area contributed by atoms with Crippen LogP contribution in [0.2, 0.25) is 0 Å². The molecular formula is C23H40N2O3. The number of hydrogen-bond donors (Lipinski definition) is 4. The lowest BCUT2D eigenvalue weighted by molar-refractivity contribution is 0.251. The summed E-state index contributed by atoms with van der Waals surface area (Å²) in [7, 11) is 0. The Morgan fingerprint density at radius 2 is 1.29 bits per heavy atom. The van der Waals surface area contributed by atoms with E-state index in [2.05, 4.69) is 17.6 Å². The normalized spacial score (nSPS) is 10.8. The number of benzene rings is 1. The molecule has 0 aliphatic rings. The van der Waals surface area contributed by atoms with Gasteiger partial charge >= 0.3 is 6.03 Å². The molecule has 0 saturated heterocycles. The standard InChI is InChI=1S/C23H40N2O3/c1-2-3-4-5-6-7-8-9-10-11-12-13-14-15-18-24-23(28)25-21-19-20(26)16-17-22(21)27/h16-17,19,26-27H,2-15,18H2,1H3,(H2,24,25,28). The third-order valence-corrected chi connectivity index (χ3v) is 5.04. The monoisotopic (exact) mass is 392 g/mol. The molecule has 0 atom stereocenters. The van der Waals surface area contributed by atoms with Crippen molar-refractivity contribution in [1.82, 2.24) is 5.32 Å². The van der Waals surface area contributed by atoms with Gasteiger partial charge in [0.05, 0.1) is 5.69 Å². The van der Waals surface area contributed by atoms with Crippen LogP contribution in [0.15, 0.2) is 18.2 Å². The van der Waals surface area contributed by atoms with Gasteiger partial charge in [-0.05, 0) is 18.6 Å². The highest BCUT2D eigenvalue weighted by molar-refractivity contribution is 5.91. The van der Waals surface area contributed by atoms with E-state index >= 15 is 0 Å². The zero-order chi connectivity index (χ0) is 20.5. The maximum absolute atomic E-state index is 11.8. The Balaban J connectivity index is 1.87. The quantitative estimate of drug-likeness (QED) is 0.143. The summed E-state index contributed by atoms with van der Waals surface area (Å²) in [6.07, 6.45) is 18.3. The summed E-state index contributed by atoms with van der Waals surface area (Å²) in [4.78, 5) is 11.8. The van der Waals surface area contributed by atoms with Gasteiger partial charge in [0.1, 0.15) is 11.5 Å². The number of nitrogens with one attached hydrogen (secondary N) is 2. The predicted octanol–water partition coefficient (Wildman–Crippen LogP) is 6.70. The molecular weight excluding hydrogens is 352 g/mol. The Morgan fingerprint density at radius 1 is 0.786 bits per heavy atom. The van der Waals surface area contributed by atoms with Gasteiger partial charge in [-0.1, -0.05) is 90.4 Å². The third-order valence-electron chi connectivity index (χ3n) is 5.04. The molecule has 0 heterocycles. The van der Waals surface area contributed by atoms with E-state index in [-0.39, 0.29) is 23.2 Å². The van der Waals surface area contributed by atoms with Crippen LogP contribution in [-0.2, 0) is 0 Å². The van der Waals surface area contributed by atoms with Crippen molar-refractivity contribution in [1.29, 1.82) is 0 Å². The van der Waals surface area contributed by atoms with Crippen molar-refractivity contribution in [2.24, 2.45) is 0 Å². The lowest BCUT2D eigenvalue weighted by Gasteiger charge is -2.09. The van der Waals surface area contributed by atoms with Gasteiger partial charge in [-0.3, -0.25) is 0 Å². The Morgan fingerprint density at radius 3 is 1.82 bits per heavy atom. The van der Waals surface area contributed by atoms with Crippen molar-refractivity contribution in [2.75, 3.05) is 11.9 Å². The predicted molar refractivity (Wildman–Crippen MR) is 117 cm³/mol. The minimum Gasteiger partial charge on any atom is -0.508 e. The van der Waals surface area contributed by atoms with E-state index in [9.17, 15) is 15.0 Å². The third kappa shape index (κ3) is 12.5. The highest BCUT2D eigenvalue weighted by Crippen LogP contribution is 2.26. The fourth-order valence-corrected chi connectivity index (χ4v) is 3.31. The fourth-order valence-electron chi connectivity index (χ4n) is 3.31. The van der Waals surface area contributed by atoms with Crippen LogP contribution >= 0.6 is 0 Å². The number of carbonyl (C=O) groups excluding carboxylic acids is 1. The maximum Gasteiger partial charge on any atom is 0.319 e. The van der Waals surface area contributed by atoms with Crippen LogP contribution in [0.25, 0.3) is 0 Å². The molecule has 5 heteroatoms. The van der Waals surface area contributed by atoms with E-state index in [0.717, 1.165) is 12.8 Å². The first kappa shape index (κ1) is 24.1. The van der Waals surface area contributed by atoms with Gasteiger partial charge in [-0.15, -0.1) is 0 Å². The largest absolute Gasteiger partial charge is 0.508 e. The van der Waals surface area contributed by atoms with Crippen molar-refractivity contribution in [2.45, 2.75) is 96.8 Å². The first-order valence-corrected chi connectivity index (χ1v) is 11.2. The van der Waals surface area contributed by atoms with Crippen LogP contribution in [0.5, 0.6) is 11.5 Å². The fraction of sp³-hybridized carbons (Fsp3) is 0.696. The second-order valence-corrected chi connectivity index (χ2v) is 7.68. The van der Waals surface area contributed by atoms with Gasteiger partial charge < -0.3 is 20.8 Å². The summed E-state index contributed by atoms with van der Waals surface area (Å²) >= 11 is 0. The highest BCUT2D eigenvalue weighted by Gasteiger charge is 2.06. The van der Waals surface area contributed by atoms with E-state index < -0.39 is 0 Å². The van der Waals surface area contributed by atoms with Gasteiger partial charge in [0, 0.05) is 12.6 Å². The first-order chi connectivity index (χ1) is 13.6.